The monoisotopic (exact) mass is 410 g/mol. The van der Waals surface area contributed by atoms with Crippen molar-refractivity contribution in [2.75, 3.05) is 19.6 Å². The zero-order valence-electron chi connectivity index (χ0n) is 17.6. The normalized spacial score (nSPS) is 31.1. The van der Waals surface area contributed by atoms with Gasteiger partial charge < -0.3 is 10.2 Å². The van der Waals surface area contributed by atoms with E-state index in [-0.39, 0.29) is 5.92 Å². The highest BCUT2D eigenvalue weighted by molar-refractivity contribution is 7.19. The summed E-state index contributed by atoms with van der Waals surface area (Å²) in [6, 6.07) is 11.6. The molecule has 3 fully saturated rings. The van der Waals surface area contributed by atoms with Crippen LogP contribution in [0, 0.1) is 17.8 Å². The maximum atomic E-state index is 12.6. The summed E-state index contributed by atoms with van der Waals surface area (Å²) in [7, 11) is 0. The minimum absolute atomic E-state index is 0.287. The van der Waals surface area contributed by atoms with Gasteiger partial charge in [0.2, 0.25) is 5.91 Å². The highest BCUT2D eigenvalue weighted by Gasteiger charge is 2.44. The molecule has 4 heteroatoms. The second-order valence-corrected chi connectivity index (χ2v) is 10.9. The van der Waals surface area contributed by atoms with E-state index in [2.05, 4.69) is 47.5 Å². The van der Waals surface area contributed by atoms with Gasteiger partial charge in [-0.05, 0) is 93.3 Å². The van der Waals surface area contributed by atoms with Crippen LogP contribution >= 0.6 is 11.3 Å². The molecule has 2 aromatic rings. The molecular weight excluding hydrogens is 376 g/mol. The quantitative estimate of drug-likeness (QED) is 0.715. The molecular formula is C25H34N2OS. The van der Waals surface area contributed by atoms with Gasteiger partial charge in [-0.1, -0.05) is 25.1 Å². The Bertz CT molecular complexity index is 812. The molecule has 0 bridgehead atoms. The Morgan fingerprint density at radius 2 is 1.86 bits per heavy atom. The van der Waals surface area contributed by atoms with Crippen molar-refractivity contribution in [1.82, 2.24) is 10.2 Å². The zero-order chi connectivity index (χ0) is 19.8. The third-order valence-corrected chi connectivity index (χ3v) is 8.83. The van der Waals surface area contributed by atoms with E-state index in [9.17, 15) is 4.79 Å². The maximum Gasteiger partial charge on any atom is 0.223 e. The van der Waals surface area contributed by atoms with E-state index < -0.39 is 0 Å². The van der Waals surface area contributed by atoms with Gasteiger partial charge >= 0.3 is 0 Å². The molecule has 0 radical (unpaired) electrons. The Hall–Kier alpha value is -1.39. The second-order valence-electron chi connectivity index (χ2n) is 9.83. The van der Waals surface area contributed by atoms with Gasteiger partial charge in [0.15, 0.2) is 0 Å². The first-order valence-electron chi connectivity index (χ1n) is 11.7. The van der Waals surface area contributed by atoms with Crippen LogP contribution in [-0.4, -0.2) is 36.5 Å². The van der Waals surface area contributed by atoms with Crippen LogP contribution in [0.25, 0.3) is 10.1 Å². The first-order valence-corrected chi connectivity index (χ1v) is 12.5. The molecule has 2 aliphatic carbocycles. The van der Waals surface area contributed by atoms with Crippen molar-refractivity contribution in [3.63, 3.8) is 0 Å². The molecule has 156 valence electrons. The van der Waals surface area contributed by atoms with Gasteiger partial charge in [0.25, 0.3) is 0 Å². The van der Waals surface area contributed by atoms with Crippen LogP contribution in [-0.2, 0) is 4.79 Å². The van der Waals surface area contributed by atoms with Crippen LogP contribution in [0.5, 0.6) is 0 Å². The first kappa shape index (κ1) is 19.6. The maximum absolute atomic E-state index is 12.6. The molecule has 0 spiro atoms. The van der Waals surface area contributed by atoms with E-state index in [1.54, 1.807) is 4.88 Å². The number of piperidine rings is 1. The van der Waals surface area contributed by atoms with E-state index in [0.29, 0.717) is 17.9 Å². The molecule has 1 aromatic carbocycles. The lowest BCUT2D eigenvalue weighted by Gasteiger charge is -2.31. The number of rotatable bonds is 5. The van der Waals surface area contributed by atoms with Crippen molar-refractivity contribution < 1.29 is 4.79 Å². The fourth-order valence-corrected chi connectivity index (χ4v) is 6.65. The molecule has 1 aromatic heterocycles. The molecule has 3 aliphatic rings. The predicted molar refractivity (Wildman–Crippen MR) is 121 cm³/mol. The minimum atomic E-state index is 0.287. The zero-order valence-corrected chi connectivity index (χ0v) is 18.4. The summed E-state index contributed by atoms with van der Waals surface area (Å²) in [5.41, 5.74) is 0. The summed E-state index contributed by atoms with van der Waals surface area (Å²) in [6.07, 6.45) is 8.52. The lowest BCUT2D eigenvalue weighted by molar-refractivity contribution is -0.123. The summed E-state index contributed by atoms with van der Waals surface area (Å²) >= 11 is 1.98. The van der Waals surface area contributed by atoms with Crippen molar-refractivity contribution >= 4 is 27.3 Å². The smallest absolute Gasteiger partial charge is 0.223 e. The van der Waals surface area contributed by atoms with Crippen LogP contribution in [0.4, 0.5) is 0 Å². The summed E-state index contributed by atoms with van der Waals surface area (Å²) < 4.78 is 1.42. The summed E-state index contributed by atoms with van der Waals surface area (Å²) in [5.74, 6) is 2.78. The Balaban J connectivity index is 1.06. The largest absolute Gasteiger partial charge is 0.353 e. The van der Waals surface area contributed by atoms with Gasteiger partial charge in [-0.3, -0.25) is 4.79 Å². The summed E-state index contributed by atoms with van der Waals surface area (Å²) in [5, 5.41) is 4.75. The molecule has 2 saturated carbocycles. The number of nitrogens with zero attached hydrogens (tertiary/aromatic N) is 1. The number of hydrogen-bond acceptors (Lipinski definition) is 3. The second kappa shape index (κ2) is 8.39. The number of likely N-dealkylation sites (tertiary alicyclic amines) is 1. The first-order chi connectivity index (χ1) is 14.2. The number of thiophene rings is 1. The number of benzene rings is 1. The van der Waals surface area contributed by atoms with E-state index in [1.165, 1.54) is 61.7 Å². The molecule has 1 aliphatic heterocycles. The van der Waals surface area contributed by atoms with Gasteiger partial charge in [0, 0.05) is 28.1 Å². The van der Waals surface area contributed by atoms with Crippen molar-refractivity contribution in [1.29, 1.82) is 0 Å². The van der Waals surface area contributed by atoms with Crippen LogP contribution in [0.1, 0.15) is 62.7 Å². The van der Waals surface area contributed by atoms with Crippen LogP contribution < -0.4 is 5.32 Å². The third kappa shape index (κ3) is 4.54. The third-order valence-electron chi connectivity index (χ3n) is 7.55. The molecule has 1 saturated heterocycles. The molecule has 2 heterocycles. The van der Waals surface area contributed by atoms with E-state index >= 15 is 0 Å². The van der Waals surface area contributed by atoms with Crippen LogP contribution in [0.3, 0.4) is 0 Å². The van der Waals surface area contributed by atoms with Crippen molar-refractivity contribution in [3.8, 4) is 0 Å². The van der Waals surface area contributed by atoms with Crippen LogP contribution in [0.2, 0.25) is 0 Å². The molecule has 2 atom stereocenters. The topological polar surface area (TPSA) is 32.3 Å². The average molecular weight is 411 g/mol. The summed E-state index contributed by atoms with van der Waals surface area (Å²) in [4.78, 5) is 16.8. The molecule has 1 amide bonds. The van der Waals surface area contributed by atoms with E-state index in [0.717, 1.165) is 24.8 Å². The van der Waals surface area contributed by atoms with Crippen molar-refractivity contribution in [2.45, 2.75) is 63.8 Å². The average Bonchev–Trinajstić information content (AvgIpc) is 3.37. The molecule has 1 N–H and O–H groups in total. The molecule has 0 unspecified atom stereocenters. The van der Waals surface area contributed by atoms with Gasteiger partial charge in [0.05, 0.1) is 0 Å². The van der Waals surface area contributed by atoms with Gasteiger partial charge in [-0.15, -0.1) is 11.3 Å². The Morgan fingerprint density at radius 3 is 2.62 bits per heavy atom. The number of hydrogen-bond donors (Lipinski definition) is 1. The van der Waals surface area contributed by atoms with E-state index in [1.807, 2.05) is 11.3 Å². The SMILES string of the molecule is CC1CCC(NC(=O)[C@@H]2C[C@H]2CN2CCC(c3cc4ccccc4s3)CC2)CC1. The Labute approximate surface area is 178 Å². The molecule has 29 heavy (non-hydrogen) atoms. The Kier molecular flexibility index (Phi) is 5.66. The van der Waals surface area contributed by atoms with Crippen molar-refractivity contribution in [3.05, 3.63) is 35.2 Å². The minimum Gasteiger partial charge on any atom is -0.353 e. The highest BCUT2D eigenvalue weighted by atomic mass is 32.1. The van der Waals surface area contributed by atoms with Gasteiger partial charge in [-0.25, -0.2) is 0 Å². The lowest BCUT2D eigenvalue weighted by Crippen LogP contribution is -2.39. The number of carbonyl (C=O) groups is 1. The molecule has 5 rings (SSSR count). The number of fused-ring (bicyclic) bond motifs is 1. The fourth-order valence-electron chi connectivity index (χ4n) is 5.42. The van der Waals surface area contributed by atoms with Crippen molar-refractivity contribution in [2.24, 2.45) is 17.8 Å². The lowest BCUT2D eigenvalue weighted by atomic mass is 9.87. The standard InChI is InChI=1S/C25H34N2OS/c1-17-6-8-21(9-7-17)26-25(28)22-14-20(22)16-27-12-10-18(11-13-27)24-15-19-4-2-3-5-23(19)29-24/h2-5,15,17-18,20-22H,6-14,16H2,1H3,(H,26,28)/t17?,20-,21?,22+/m0/s1. The Morgan fingerprint density at radius 1 is 1.10 bits per heavy atom. The van der Waals surface area contributed by atoms with E-state index in [4.69, 9.17) is 0 Å². The van der Waals surface area contributed by atoms with Crippen LogP contribution in [0.15, 0.2) is 30.3 Å². The predicted octanol–water partition coefficient (Wildman–Crippen LogP) is 5.41. The highest BCUT2D eigenvalue weighted by Crippen LogP contribution is 2.41. The fraction of sp³-hybridized carbons (Fsp3) is 0.640. The summed E-state index contributed by atoms with van der Waals surface area (Å²) in [6.45, 7) is 5.83. The number of carbonyl (C=O) groups excluding carboxylic acids is 1. The van der Waals surface area contributed by atoms with Gasteiger partial charge in [-0.2, -0.15) is 0 Å². The van der Waals surface area contributed by atoms with Gasteiger partial charge in [0.1, 0.15) is 0 Å². The number of nitrogens with one attached hydrogen (secondary N) is 1. The molecule has 3 nitrogen and oxygen atoms in total. The number of amides is 1.